The molecular weight excluding hydrogens is 328 g/mol. The van der Waals surface area contributed by atoms with E-state index >= 15 is 0 Å². The van der Waals surface area contributed by atoms with Crippen LogP contribution in [0.25, 0.3) is 10.9 Å². The van der Waals surface area contributed by atoms with E-state index in [0.717, 1.165) is 42.6 Å². The number of hydrogen-bond donors (Lipinski definition) is 0. The Balaban J connectivity index is 2.01. The van der Waals surface area contributed by atoms with Crippen molar-refractivity contribution in [1.29, 1.82) is 0 Å². The third-order valence-electron chi connectivity index (χ3n) is 4.50. The summed E-state index contributed by atoms with van der Waals surface area (Å²) in [6, 6.07) is 1.86. The molecule has 0 aromatic carbocycles. The lowest BCUT2D eigenvalue weighted by Crippen LogP contribution is -2.38. The summed E-state index contributed by atoms with van der Waals surface area (Å²) in [5.41, 5.74) is 0.686. The first-order chi connectivity index (χ1) is 11.4. The van der Waals surface area contributed by atoms with Crippen molar-refractivity contribution in [2.75, 3.05) is 32.2 Å². The highest BCUT2D eigenvalue weighted by Crippen LogP contribution is 2.32. The molecule has 0 radical (unpaired) electrons. The number of rotatable bonds is 5. The summed E-state index contributed by atoms with van der Waals surface area (Å²) in [6.07, 6.45) is 4.95. The summed E-state index contributed by atoms with van der Waals surface area (Å²) in [6.45, 7) is 5.60. The van der Waals surface area contributed by atoms with E-state index in [0.29, 0.717) is 11.7 Å². The molecule has 0 N–H and O–H groups in total. The molecule has 7 heteroatoms. The third kappa shape index (κ3) is 3.50. The van der Waals surface area contributed by atoms with Crippen molar-refractivity contribution in [2.45, 2.75) is 44.9 Å². The fourth-order valence-corrected chi connectivity index (χ4v) is 3.27. The highest BCUT2D eigenvalue weighted by atomic mass is 35.5. The first-order valence-corrected chi connectivity index (χ1v) is 8.71. The predicted molar refractivity (Wildman–Crippen MR) is 95.7 cm³/mol. The van der Waals surface area contributed by atoms with Crippen molar-refractivity contribution in [3.05, 3.63) is 17.4 Å². The molecule has 6 nitrogen and oxygen atoms in total. The second-order valence-electron chi connectivity index (χ2n) is 6.93. The molecule has 3 rings (SSSR count). The van der Waals surface area contributed by atoms with E-state index in [1.807, 2.05) is 17.8 Å². The lowest BCUT2D eigenvalue weighted by atomic mass is 10.1. The van der Waals surface area contributed by atoms with Gasteiger partial charge in [-0.05, 0) is 33.1 Å². The molecule has 132 valence electrons. The number of pyridine rings is 1. The van der Waals surface area contributed by atoms with E-state index in [2.05, 4.69) is 23.7 Å². The molecule has 1 unspecified atom stereocenters. The maximum Gasteiger partial charge on any atom is 0.160 e. The van der Waals surface area contributed by atoms with Crippen molar-refractivity contribution < 1.29 is 9.47 Å². The Morgan fingerprint density at radius 1 is 1.46 bits per heavy atom. The smallest absolute Gasteiger partial charge is 0.160 e. The Hall–Kier alpha value is -1.37. The molecule has 3 heterocycles. The maximum atomic E-state index is 6.12. The van der Waals surface area contributed by atoms with E-state index in [-0.39, 0.29) is 11.8 Å². The number of likely N-dealkylation sites (N-methyl/N-ethyl adjacent to an activating group) is 1. The number of hydrogen-bond acceptors (Lipinski definition) is 5. The highest BCUT2D eigenvalue weighted by molar-refractivity contribution is 6.30. The Bertz CT molecular complexity index is 710. The topological polar surface area (TPSA) is 52.4 Å². The van der Waals surface area contributed by atoms with Gasteiger partial charge in [-0.2, -0.15) is 5.10 Å². The second kappa shape index (κ2) is 6.86. The lowest BCUT2D eigenvalue weighted by Gasteiger charge is -2.29. The van der Waals surface area contributed by atoms with Crippen LogP contribution in [0.15, 0.2) is 12.3 Å². The first-order valence-electron chi connectivity index (χ1n) is 8.33. The summed E-state index contributed by atoms with van der Waals surface area (Å²) >= 11 is 6.12. The molecule has 0 saturated carbocycles. The number of fused-ring (bicyclic) bond motifs is 1. The molecule has 0 aliphatic carbocycles. The zero-order valence-electron chi connectivity index (χ0n) is 14.8. The molecule has 0 spiro atoms. The van der Waals surface area contributed by atoms with Gasteiger partial charge in [0.05, 0.1) is 16.5 Å². The van der Waals surface area contributed by atoms with Crippen LogP contribution in [0.1, 0.15) is 39.3 Å². The van der Waals surface area contributed by atoms with Gasteiger partial charge in [-0.25, -0.2) is 9.67 Å². The quantitative estimate of drug-likeness (QED) is 0.769. The van der Waals surface area contributed by atoms with E-state index < -0.39 is 0 Å². The maximum absolute atomic E-state index is 6.12. The molecule has 2 aromatic heterocycles. The standard InChI is InChI=1S/C17H25ClN4O2/c1-17(2,23-4)11-21(3)16-12-10-19-14(18)9-13(12)22(20-16)15-7-5-6-8-24-15/h9-10,15H,5-8,11H2,1-4H3. The molecule has 0 bridgehead atoms. The van der Waals surface area contributed by atoms with Crippen molar-refractivity contribution in [1.82, 2.24) is 14.8 Å². The number of methoxy groups -OCH3 is 1. The van der Waals surface area contributed by atoms with Crippen LogP contribution in [-0.4, -0.2) is 47.7 Å². The van der Waals surface area contributed by atoms with Crippen molar-refractivity contribution >= 4 is 28.3 Å². The fraction of sp³-hybridized carbons (Fsp3) is 0.647. The number of anilines is 1. The minimum atomic E-state index is -0.272. The minimum absolute atomic E-state index is 0.0442. The average Bonchev–Trinajstić information content (AvgIpc) is 2.94. The van der Waals surface area contributed by atoms with E-state index in [4.69, 9.17) is 26.2 Å². The molecule has 24 heavy (non-hydrogen) atoms. The molecule has 1 aliphatic rings. The molecule has 2 aromatic rings. The molecule has 1 fully saturated rings. The van der Waals surface area contributed by atoms with Crippen LogP contribution < -0.4 is 4.90 Å². The van der Waals surface area contributed by atoms with E-state index in [1.54, 1.807) is 13.3 Å². The van der Waals surface area contributed by atoms with Gasteiger partial charge in [0.2, 0.25) is 0 Å². The number of halogens is 1. The summed E-state index contributed by atoms with van der Waals surface area (Å²) in [4.78, 5) is 6.34. The van der Waals surface area contributed by atoms with Crippen molar-refractivity contribution in [2.24, 2.45) is 0 Å². The Labute approximate surface area is 147 Å². The Kier molecular flexibility index (Phi) is 4.99. The average molecular weight is 353 g/mol. The summed E-state index contributed by atoms with van der Waals surface area (Å²) in [5.74, 6) is 0.869. The van der Waals surface area contributed by atoms with Crippen LogP contribution in [0, 0.1) is 0 Å². The number of nitrogens with zero attached hydrogens (tertiary/aromatic N) is 4. The molecule has 1 atom stereocenters. The molecule has 1 aliphatic heterocycles. The van der Waals surface area contributed by atoms with E-state index in [1.165, 1.54) is 0 Å². The third-order valence-corrected chi connectivity index (χ3v) is 4.71. The molecular formula is C17H25ClN4O2. The van der Waals surface area contributed by atoms with Gasteiger partial charge in [0.25, 0.3) is 0 Å². The number of aromatic nitrogens is 3. The van der Waals surface area contributed by atoms with Crippen LogP contribution in [0.2, 0.25) is 5.15 Å². The summed E-state index contributed by atoms with van der Waals surface area (Å²) < 4.78 is 13.4. The fourth-order valence-electron chi connectivity index (χ4n) is 3.12. The lowest BCUT2D eigenvalue weighted by molar-refractivity contribution is -0.0366. The first kappa shape index (κ1) is 17.5. The van der Waals surface area contributed by atoms with Gasteiger partial charge in [0.1, 0.15) is 5.15 Å². The van der Waals surface area contributed by atoms with Crippen molar-refractivity contribution in [3.8, 4) is 0 Å². The molecule has 0 amide bonds. The predicted octanol–water partition coefficient (Wildman–Crippen LogP) is 3.65. The monoisotopic (exact) mass is 352 g/mol. The largest absolute Gasteiger partial charge is 0.377 e. The highest BCUT2D eigenvalue weighted by Gasteiger charge is 2.26. The van der Waals surface area contributed by atoms with Gasteiger partial charge in [-0.3, -0.25) is 0 Å². The molecule has 1 saturated heterocycles. The summed E-state index contributed by atoms with van der Waals surface area (Å²) in [5, 5.41) is 6.27. The van der Waals surface area contributed by atoms with Crippen LogP contribution in [-0.2, 0) is 9.47 Å². The van der Waals surface area contributed by atoms with Gasteiger partial charge in [0, 0.05) is 39.6 Å². The Morgan fingerprint density at radius 3 is 2.92 bits per heavy atom. The van der Waals surface area contributed by atoms with Gasteiger partial charge in [0.15, 0.2) is 12.0 Å². The van der Waals surface area contributed by atoms with Crippen LogP contribution in [0.5, 0.6) is 0 Å². The van der Waals surface area contributed by atoms with E-state index in [9.17, 15) is 0 Å². The SMILES string of the molecule is COC(C)(C)CN(C)c1nn(C2CCCCO2)c2cc(Cl)ncc12. The van der Waals surface area contributed by atoms with Gasteiger partial charge < -0.3 is 14.4 Å². The Morgan fingerprint density at radius 2 is 2.25 bits per heavy atom. The van der Waals surface area contributed by atoms with Crippen LogP contribution >= 0.6 is 11.6 Å². The zero-order valence-corrected chi connectivity index (χ0v) is 15.5. The summed E-state index contributed by atoms with van der Waals surface area (Å²) in [7, 11) is 3.74. The minimum Gasteiger partial charge on any atom is -0.377 e. The van der Waals surface area contributed by atoms with Gasteiger partial charge in [-0.15, -0.1) is 0 Å². The van der Waals surface area contributed by atoms with Gasteiger partial charge >= 0.3 is 0 Å². The van der Waals surface area contributed by atoms with Crippen LogP contribution in [0.3, 0.4) is 0 Å². The van der Waals surface area contributed by atoms with Crippen molar-refractivity contribution in [3.63, 3.8) is 0 Å². The number of ether oxygens (including phenoxy) is 2. The van der Waals surface area contributed by atoms with Crippen LogP contribution in [0.4, 0.5) is 5.82 Å². The normalized spacial score (nSPS) is 19.0. The van der Waals surface area contributed by atoms with Gasteiger partial charge in [-0.1, -0.05) is 11.6 Å². The zero-order chi connectivity index (χ0) is 17.3. The second-order valence-corrected chi connectivity index (χ2v) is 7.32.